The van der Waals surface area contributed by atoms with Crippen LogP contribution in [0, 0.1) is 0 Å². The van der Waals surface area contributed by atoms with Crippen LogP contribution in [-0.4, -0.2) is 13.0 Å². The predicted octanol–water partition coefficient (Wildman–Crippen LogP) is 0.653. The van der Waals surface area contributed by atoms with Crippen molar-refractivity contribution in [3.8, 4) is 0 Å². The molecule has 0 saturated carbocycles. The molecule has 0 aromatic heterocycles. The number of benzene rings is 2. The van der Waals surface area contributed by atoms with Crippen LogP contribution in [-0.2, 0) is 23.0 Å². The van der Waals surface area contributed by atoms with Crippen molar-refractivity contribution in [2.24, 2.45) is 0 Å². The summed E-state index contributed by atoms with van der Waals surface area (Å²) >= 11 is 0. The van der Waals surface area contributed by atoms with E-state index in [-0.39, 0.29) is 56.3 Å². The van der Waals surface area contributed by atoms with Crippen LogP contribution in [0.5, 0.6) is 0 Å². The van der Waals surface area contributed by atoms with Gasteiger partial charge in [0.05, 0.1) is 4.90 Å². The van der Waals surface area contributed by atoms with E-state index in [0.717, 1.165) is 36.6 Å². The predicted molar refractivity (Wildman–Crippen MR) is 79.9 cm³/mol. The summed E-state index contributed by atoms with van der Waals surface area (Å²) in [7, 11) is -4.45. The summed E-state index contributed by atoms with van der Waals surface area (Å²) in [5.41, 5.74) is 2.16. The molecule has 0 heterocycles. The van der Waals surface area contributed by atoms with Crippen LogP contribution in [0.2, 0.25) is 0 Å². The van der Waals surface area contributed by atoms with E-state index < -0.39 is 10.1 Å². The van der Waals surface area contributed by atoms with Crippen LogP contribution in [0.1, 0.15) is 37.8 Å². The molecule has 2 aromatic rings. The summed E-state index contributed by atoms with van der Waals surface area (Å²) in [5, 5.41) is 1.44. The molecule has 0 aliphatic carbocycles. The molecule has 2 rings (SSSR count). The van der Waals surface area contributed by atoms with Crippen molar-refractivity contribution in [1.29, 1.82) is 0 Å². The molecule has 108 valence electrons. The van der Waals surface area contributed by atoms with E-state index in [1.54, 1.807) is 6.07 Å². The van der Waals surface area contributed by atoms with Crippen molar-refractivity contribution >= 4 is 20.9 Å². The van der Waals surface area contributed by atoms with Crippen molar-refractivity contribution in [1.82, 2.24) is 0 Å². The average Bonchev–Trinajstić information content (AvgIpc) is 2.37. The Morgan fingerprint density at radius 3 is 2.29 bits per heavy atom. The summed E-state index contributed by atoms with van der Waals surface area (Å²) in [6, 6.07) is 8.96. The van der Waals surface area contributed by atoms with E-state index in [2.05, 4.69) is 6.92 Å². The molecule has 0 aliphatic heterocycles. The Kier molecular flexibility index (Phi) is 7.53. The number of rotatable bonds is 5. The van der Waals surface area contributed by atoms with Crippen LogP contribution in [0.15, 0.2) is 35.2 Å². The van der Waals surface area contributed by atoms with Gasteiger partial charge in [0, 0.05) is 5.39 Å². The van der Waals surface area contributed by atoms with Crippen molar-refractivity contribution in [3.05, 3.63) is 41.5 Å². The Bertz CT molecular complexity index is 724. The van der Waals surface area contributed by atoms with Gasteiger partial charge in [0.2, 0.25) is 0 Å². The molecule has 5 heteroatoms. The van der Waals surface area contributed by atoms with Crippen molar-refractivity contribution in [3.63, 3.8) is 0 Å². The third-order valence-corrected chi connectivity index (χ3v) is 4.29. The zero-order valence-electron chi connectivity index (χ0n) is 12.8. The van der Waals surface area contributed by atoms with Crippen molar-refractivity contribution in [2.45, 2.75) is 44.4 Å². The van der Waals surface area contributed by atoms with Gasteiger partial charge in [-0.1, -0.05) is 51.0 Å². The maximum absolute atomic E-state index is 11.5. The fourth-order valence-corrected chi connectivity index (χ4v) is 3.40. The Balaban J connectivity index is 0.00000220. The van der Waals surface area contributed by atoms with Gasteiger partial charge < -0.3 is 4.55 Å². The quantitative estimate of drug-likeness (QED) is 0.597. The third kappa shape index (κ3) is 4.61. The largest absolute Gasteiger partial charge is 1.00 e. The maximum Gasteiger partial charge on any atom is 1.00 e. The van der Waals surface area contributed by atoms with Crippen LogP contribution in [0.25, 0.3) is 10.8 Å². The third-order valence-electron chi connectivity index (χ3n) is 3.41. The molecule has 2 aromatic carbocycles. The first-order valence-corrected chi connectivity index (χ1v) is 8.38. The molecule has 0 unspecified atom stereocenters. The van der Waals surface area contributed by atoms with E-state index >= 15 is 0 Å². The average molecular weight is 330 g/mol. The second kappa shape index (κ2) is 8.20. The van der Waals surface area contributed by atoms with Gasteiger partial charge in [-0.2, -0.15) is 0 Å². The van der Waals surface area contributed by atoms with Gasteiger partial charge in [0.25, 0.3) is 0 Å². The van der Waals surface area contributed by atoms with Gasteiger partial charge in [-0.3, -0.25) is 0 Å². The summed E-state index contributed by atoms with van der Waals surface area (Å²) in [5.74, 6) is 0. The number of fused-ring (bicyclic) bond motifs is 1. The van der Waals surface area contributed by atoms with Gasteiger partial charge in [0.15, 0.2) is 0 Å². The van der Waals surface area contributed by atoms with Gasteiger partial charge >= 0.3 is 51.4 Å². The van der Waals surface area contributed by atoms with Crippen molar-refractivity contribution in [2.75, 3.05) is 0 Å². The van der Waals surface area contributed by atoms with Gasteiger partial charge in [-0.15, -0.1) is 0 Å². The molecule has 3 nitrogen and oxygen atoms in total. The van der Waals surface area contributed by atoms with E-state index in [1.807, 2.05) is 25.1 Å². The summed E-state index contributed by atoms with van der Waals surface area (Å²) in [6.07, 6.45) is 3.69. The number of hydrogen-bond donors (Lipinski definition) is 0. The molecule has 0 amide bonds. The SMILES string of the molecule is CCCc1cc(CCC)c2c(S(=O)(=O)[O-])cccc2c1.[K+]. The molecule has 0 spiro atoms. The zero-order valence-corrected chi connectivity index (χ0v) is 16.8. The van der Waals surface area contributed by atoms with Gasteiger partial charge in [-0.25, -0.2) is 8.42 Å². The van der Waals surface area contributed by atoms with Crippen LogP contribution in [0.3, 0.4) is 0 Å². The standard InChI is InChI=1S/C16H20O3S.K/c1-3-6-12-10-13(7-4-2)16-14(11-12)8-5-9-15(16)20(17,18)19;/h5,8-11H,3-4,6-7H2,1-2H3,(H,17,18,19);/q;+1/p-1. The molecule has 0 saturated heterocycles. The Hall–Kier alpha value is 0.246. The topological polar surface area (TPSA) is 57.2 Å². The normalized spacial score (nSPS) is 11.4. The molecule has 0 N–H and O–H groups in total. The number of aryl methyl sites for hydroxylation is 2. The minimum atomic E-state index is -4.45. The molecule has 0 fully saturated rings. The zero-order chi connectivity index (χ0) is 14.8. The molecule has 0 radical (unpaired) electrons. The fraction of sp³-hybridized carbons (Fsp3) is 0.375. The van der Waals surface area contributed by atoms with E-state index in [0.29, 0.717) is 5.39 Å². The smallest absolute Gasteiger partial charge is 0.744 e. The first-order chi connectivity index (χ1) is 9.47. The van der Waals surface area contributed by atoms with E-state index in [9.17, 15) is 13.0 Å². The van der Waals surface area contributed by atoms with Gasteiger partial charge in [0.1, 0.15) is 10.1 Å². The summed E-state index contributed by atoms with van der Waals surface area (Å²) < 4.78 is 34.4. The molecule has 0 aliphatic rings. The molecular formula is C16H19KO3S. The molecule has 21 heavy (non-hydrogen) atoms. The second-order valence-corrected chi connectivity index (χ2v) is 6.41. The fourth-order valence-electron chi connectivity index (χ4n) is 2.66. The minimum Gasteiger partial charge on any atom is -0.744 e. The monoisotopic (exact) mass is 330 g/mol. The van der Waals surface area contributed by atoms with Crippen LogP contribution in [0.4, 0.5) is 0 Å². The summed E-state index contributed by atoms with van der Waals surface area (Å²) in [4.78, 5) is -0.0958. The van der Waals surface area contributed by atoms with E-state index in [4.69, 9.17) is 0 Å². The Labute approximate surface area is 169 Å². The molecule has 0 bridgehead atoms. The molecular weight excluding hydrogens is 311 g/mol. The minimum absolute atomic E-state index is 0. The van der Waals surface area contributed by atoms with Crippen molar-refractivity contribution < 1.29 is 64.4 Å². The Morgan fingerprint density at radius 2 is 1.71 bits per heavy atom. The first kappa shape index (κ1) is 19.3. The summed E-state index contributed by atoms with van der Waals surface area (Å²) in [6.45, 7) is 4.16. The van der Waals surface area contributed by atoms with E-state index in [1.165, 1.54) is 11.6 Å². The Morgan fingerprint density at radius 1 is 1.05 bits per heavy atom. The van der Waals surface area contributed by atoms with Gasteiger partial charge in [-0.05, 0) is 35.4 Å². The first-order valence-electron chi connectivity index (χ1n) is 6.97. The maximum atomic E-state index is 11.5. The second-order valence-electron chi connectivity index (χ2n) is 5.06. The van der Waals surface area contributed by atoms with Crippen LogP contribution < -0.4 is 51.4 Å². The van der Waals surface area contributed by atoms with Crippen LogP contribution >= 0.6 is 0 Å². The molecule has 0 atom stereocenters. The number of hydrogen-bond acceptors (Lipinski definition) is 3.